The van der Waals surface area contributed by atoms with Gasteiger partial charge in [-0.05, 0) is 166 Å². The van der Waals surface area contributed by atoms with Crippen LogP contribution in [0, 0.1) is 0 Å². The summed E-state index contributed by atoms with van der Waals surface area (Å²) in [4.78, 5) is 24.8. The summed E-state index contributed by atoms with van der Waals surface area (Å²) in [5, 5.41) is 9.93. The second-order valence-corrected chi connectivity index (χ2v) is 31.5. The molecule has 580 valence electrons. The van der Waals surface area contributed by atoms with Gasteiger partial charge in [-0.3, -0.25) is 0 Å². The zero-order valence-corrected chi connectivity index (χ0v) is 67.3. The van der Waals surface area contributed by atoms with E-state index in [2.05, 4.69) is 376 Å². The Morgan fingerprint density at radius 2 is 0.363 bits per heavy atom. The van der Waals surface area contributed by atoms with E-state index in [1.807, 2.05) is 97.1 Å². The van der Waals surface area contributed by atoms with Gasteiger partial charge in [0.05, 0.1) is 55.5 Å². The van der Waals surface area contributed by atoms with Crippen LogP contribution in [0.5, 0.6) is 0 Å². The number of aromatic nitrogens is 9. The van der Waals surface area contributed by atoms with Crippen LogP contribution in [0.3, 0.4) is 0 Å². The molecule has 24 rings (SSSR count). The van der Waals surface area contributed by atoms with Crippen molar-refractivity contribution >= 4 is 87.2 Å². The third-order valence-corrected chi connectivity index (χ3v) is 24.1. The highest BCUT2D eigenvalue weighted by Gasteiger charge is 2.22. The monoisotopic (exact) mass is 1580 g/mol. The van der Waals surface area contributed by atoms with Crippen molar-refractivity contribution in [1.29, 1.82) is 0 Å². The SMILES string of the molecule is c1ccc(-c2cc(-c3cccc(-c4ccc(-n5c6ccccc6c6cc(-c7ccc8c9ccccc9n(-c9ccccc9)c8c7)ccc65)cc4)c3)nc(-c3ccccc3)n2)cc1.c1ccc(-c2nc(-c3ccccc3)nc(-c3ccc(-c4ccc(-n5c6ccccc6c6ccc(-c7ccc8c(c7)c7ccccc7n8-c7ccccc7)cc65)cc4)cc3)n2)cc1. The Labute approximate surface area is 716 Å². The lowest BCUT2D eigenvalue weighted by Gasteiger charge is -2.12. The van der Waals surface area contributed by atoms with E-state index in [0.717, 1.165) is 89.8 Å². The summed E-state index contributed by atoms with van der Waals surface area (Å²) in [7, 11) is 0. The van der Waals surface area contributed by atoms with Crippen molar-refractivity contribution in [2.24, 2.45) is 0 Å². The van der Waals surface area contributed by atoms with Crippen LogP contribution >= 0.6 is 0 Å². The maximum absolute atomic E-state index is 5.09. The smallest absolute Gasteiger partial charge is 0.164 e. The Morgan fingerprint density at radius 1 is 0.121 bits per heavy atom. The molecule has 6 heterocycles. The Bertz CT molecular complexity index is 8050. The largest absolute Gasteiger partial charge is 0.309 e. The molecule has 0 aliphatic carbocycles. The zero-order valence-electron chi connectivity index (χ0n) is 67.3. The minimum absolute atomic E-state index is 0.643. The van der Waals surface area contributed by atoms with E-state index in [9.17, 15) is 0 Å². The molecule has 0 saturated carbocycles. The number of hydrogen-bond acceptors (Lipinski definition) is 5. The Kier molecular flexibility index (Phi) is 18.0. The van der Waals surface area contributed by atoms with E-state index in [4.69, 9.17) is 24.9 Å². The van der Waals surface area contributed by atoms with Gasteiger partial charge in [0.25, 0.3) is 0 Å². The number of hydrogen-bond donors (Lipinski definition) is 0. The molecule has 9 heteroatoms. The van der Waals surface area contributed by atoms with E-state index < -0.39 is 0 Å². The third kappa shape index (κ3) is 13.1. The molecule has 0 unspecified atom stereocenters. The number of rotatable bonds is 14. The molecule has 0 aliphatic heterocycles. The van der Waals surface area contributed by atoms with Gasteiger partial charge < -0.3 is 18.3 Å². The maximum atomic E-state index is 5.09. The molecule has 0 radical (unpaired) electrons. The second kappa shape index (κ2) is 30.9. The van der Waals surface area contributed by atoms with Crippen LogP contribution in [0.2, 0.25) is 0 Å². The van der Waals surface area contributed by atoms with Crippen molar-refractivity contribution in [3.05, 3.63) is 455 Å². The van der Waals surface area contributed by atoms with Crippen LogP contribution in [-0.4, -0.2) is 43.2 Å². The van der Waals surface area contributed by atoms with Gasteiger partial charge in [0.15, 0.2) is 23.3 Å². The molecule has 0 amide bonds. The number of nitrogens with zero attached hydrogens (tertiary/aromatic N) is 9. The van der Waals surface area contributed by atoms with E-state index >= 15 is 0 Å². The second-order valence-electron chi connectivity index (χ2n) is 31.5. The predicted molar refractivity (Wildman–Crippen MR) is 514 cm³/mol. The number of para-hydroxylation sites is 6. The Morgan fingerprint density at radius 3 is 0.774 bits per heavy atom. The van der Waals surface area contributed by atoms with Gasteiger partial charge in [-0.1, -0.05) is 334 Å². The highest BCUT2D eigenvalue weighted by Crippen LogP contribution is 2.43. The molecule has 0 saturated heterocycles. The van der Waals surface area contributed by atoms with Crippen molar-refractivity contribution in [2.75, 3.05) is 0 Å². The molecule has 0 spiro atoms. The lowest BCUT2D eigenvalue weighted by atomic mass is 10.00. The first-order chi connectivity index (χ1) is 61.5. The average molecular weight is 1580 g/mol. The molecule has 0 fully saturated rings. The highest BCUT2D eigenvalue weighted by atomic mass is 15.0. The summed E-state index contributed by atoms with van der Waals surface area (Å²) in [6.45, 7) is 0. The molecule has 0 N–H and O–H groups in total. The van der Waals surface area contributed by atoms with Crippen molar-refractivity contribution in [3.8, 4) is 135 Å². The van der Waals surface area contributed by atoms with E-state index in [1.165, 1.54) is 109 Å². The fraction of sp³-hybridized carbons (Fsp3) is 0. The first-order valence-corrected chi connectivity index (χ1v) is 42.0. The Balaban J connectivity index is 0.000000143. The van der Waals surface area contributed by atoms with E-state index in [0.29, 0.717) is 23.3 Å². The van der Waals surface area contributed by atoms with Crippen LogP contribution in [0.4, 0.5) is 0 Å². The van der Waals surface area contributed by atoms with Gasteiger partial charge in [0.1, 0.15) is 0 Å². The fourth-order valence-electron chi connectivity index (χ4n) is 18.2. The van der Waals surface area contributed by atoms with E-state index in [1.54, 1.807) is 0 Å². The van der Waals surface area contributed by atoms with Gasteiger partial charge in [-0.2, -0.15) is 0 Å². The first kappa shape index (κ1) is 72.5. The molecule has 124 heavy (non-hydrogen) atoms. The molecule has 18 aromatic carbocycles. The lowest BCUT2D eigenvalue weighted by Crippen LogP contribution is -2.00. The molecule has 24 aromatic rings. The quantitative estimate of drug-likeness (QED) is 0.108. The highest BCUT2D eigenvalue weighted by molar-refractivity contribution is 6.15. The molecular weight excluding hydrogens is 1510 g/mol. The van der Waals surface area contributed by atoms with Crippen molar-refractivity contribution in [3.63, 3.8) is 0 Å². The summed E-state index contributed by atoms with van der Waals surface area (Å²) in [5.74, 6) is 2.66. The third-order valence-electron chi connectivity index (χ3n) is 24.1. The van der Waals surface area contributed by atoms with Crippen LogP contribution < -0.4 is 0 Å². The molecule has 9 nitrogen and oxygen atoms in total. The van der Waals surface area contributed by atoms with Crippen LogP contribution in [0.25, 0.3) is 223 Å². The summed E-state index contributed by atoms with van der Waals surface area (Å²) < 4.78 is 9.54. The standard InChI is InChI=1S/C58H38N4.C57H37N5/c1-4-15-40(16-5-1)52-38-53(60-58(59-52)41-17-6-2-7-18-41)45-20-14-19-42(35-45)39-27-31-47(32-28-39)61-55-26-13-11-24-49(55)51-36-43(30-34-56(51)61)44-29-33-50-48-23-10-12-25-54(48)62(57(50)37-44)46-21-8-3-9-22-46;1-4-14-40(15-5-1)55-58-56(41-16-6-2-7-17-41)60-57(59-55)42-26-24-38(25-27-42)39-28-32-46(33-29-39)62-51-22-12-10-20-47(51)49-34-30-44(37-54(49)62)43-31-35-53-50(36-43)48-21-11-13-23-52(48)61(53)45-18-8-3-9-19-45/h1-38H;1-37H. The molecular formula is C115H75N9. The number of benzene rings is 18. The van der Waals surface area contributed by atoms with Crippen LogP contribution in [0.15, 0.2) is 455 Å². The summed E-state index contributed by atoms with van der Waals surface area (Å²) >= 11 is 0. The minimum atomic E-state index is 0.643. The zero-order chi connectivity index (χ0) is 82.0. The average Bonchev–Trinajstić information content (AvgIpc) is 1.60. The minimum Gasteiger partial charge on any atom is -0.309 e. The lowest BCUT2D eigenvalue weighted by molar-refractivity contribution is 1.07. The molecule has 6 aromatic heterocycles. The van der Waals surface area contributed by atoms with E-state index in [-0.39, 0.29) is 0 Å². The van der Waals surface area contributed by atoms with Crippen molar-refractivity contribution in [2.45, 2.75) is 0 Å². The first-order valence-electron chi connectivity index (χ1n) is 42.0. The van der Waals surface area contributed by atoms with Crippen LogP contribution in [0.1, 0.15) is 0 Å². The van der Waals surface area contributed by atoms with Gasteiger partial charge in [0, 0.05) is 99.2 Å². The molecule has 0 atom stereocenters. The van der Waals surface area contributed by atoms with Crippen molar-refractivity contribution < 1.29 is 0 Å². The molecule has 0 bridgehead atoms. The maximum Gasteiger partial charge on any atom is 0.164 e. The van der Waals surface area contributed by atoms with Crippen molar-refractivity contribution in [1.82, 2.24) is 43.2 Å². The predicted octanol–water partition coefficient (Wildman–Crippen LogP) is 29.4. The summed E-state index contributed by atoms with van der Waals surface area (Å²) in [6, 6.07) is 162. The molecule has 0 aliphatic rings. The topological polar surface area (TPSA) is 84.2 Å². The number of fused-ring (bicyclic) bond motifs is 12. The van der Waals surface area contributed by atoms with Gasteiger partial charge in [-0.15, -0.1) is 0 Å². The summed E-state index contributed by atoms with van der Waals surface area (Å²) in [5.41, 5.74) is 31.1. The summed E-state index contributed by atoms with van der Waals surface area (Å²) in [6.07, 6.45) is 0. The normalized spacial score (nSPS) is 11.5. The van der Waals surface area contributed by atoms with Gasteiger partial charge in [0.2, 0.25) is 0 Å². The van der Waals surface area contributed by atoms with Gasteiger partial charge >= 0.3 is 0 Å². The fourth-order valence-corrected chi connectivity index (χ4v) is 18.2. The van der Waals surface area contributed by atoms with Crippen LogP contribution in [-0.2, 0) is 0 Å². The van der Waals surface area contributed by atoms with Gasteiger partial charge in [-0.25, -0.2) is 24.9 Å². The Hall–Kier alpha value is -16.8.